The van der Waals surface area contributed by atoms with E-state index in [4.69, 9.17) is 4.74 Å². The van der Waals surface area contributed by atoms with Crippen LogP contribution in [0.3, 0.4) is 0 Å². The van der Waals surface area contributed by atoms with Crippen LogP contribution >= 0.6 is 11.3 Å². The van der Waals surface area contributed by atoms with Gasteiger partial charge in [0, 0.05) is 4.88 Å². The van der Waals surface area contributed by atoms with E-state index in [0.29, 0.717) is 4.88 Å². The van der Waals surface area contributed by atoms with E-state index in [1.54, 1.807) is 6.92 Å². The number of thiophene rings is 1. The standard InChI is InChI=1S/C19H26N2O3S/c1-13(2)19(3,12-20)21-17(22)11-24-18(23)16-10-14-8-6-4-5-7-9-15(14)25-16/h10,13H,4-9,11H2,1-3H3,(H,21,22)/t19-/m1/s1. The number of carbonyl (C=O) groups is 2. The van der Waals surface area contributed by atoms with E-state index in [1.165, 1.54) is 34.6 Å². The van der Waals surface area contributed by atoms with E-state index >= 15 is 0 Å². The van der Waals surface area contributed by atoms with Gasteiger partial charge in [-0.05, 0) is 50.2 Å². The van der Waals surface area contributed by atoms with Crippen LogP contribution in [0.1, 0.15) is 66.6 Å². The highest BCUT2D eigenvalue weighted by Crippen LogP contribution is 2.28. The summed E-state index contributed by atoms with van der Waals surface area (Å²) >= 11 is 1.48. The Morgan fingerprint density at radius 2 is 2.00 bits per heavy atom. The van der Waals surface area contributed by atoms with Gasteiger partial charge < -0.3 is 10.1 Å². The fourth-order valence-electron chi connectivity index (χ4n) is 2.77. The van der Waals surface area contributed by atoms with Crippen LogP contribution in [0.2, 0.25) is 0 Å². The number of carbonyl (C=O) groups excluding carboxylic acids is 2. The summed E-state index contributed by atoms with van der Waals surface area (Å²) in [5, 5.41) is 11.9. The molecule has 1 aromatic heterocycles. The molecule has 1 aromatic rings. The number of esters is 1. The van der Waals surface area contributed by atoms with Gasteiger partial charge in [0.15, 0.2) is 6.61 Å². The summed E-state index contributed by atoms with van der Waals surface area (Å²) in [7, 11) is 0. The van der Waals surface area contributed by atoms with Gasteiger partial charge in [-0.3, -0.25) is 4.79 Å². The smallest absolute Gasteiger partial charge is 0.348 e. The van der Waals surface area contributed by atoms with Crippen LogP contribution in [0.25, 0.3) is 0 Å². The molecule has 136 valence electrons. The van der Waals surface area contributed by atoms with Crippen molar-refractivity contribution in [2.75, 3.05) is 6.61 Å². The normalized spacial score (nSPS) is 16.8. The van der Waals surface area contributed by atoms with Crippen molar-refractivity contribution in [3.63, 3.8) is 0 Å². The molecule has 1 heterocycles. The number of hydrogen-bond donors (Lipinski definition) is 1. The van der Waals surface area contributed by atoms with Gasteiger partial charge in [0.25, 0.3) is 5.91 Å². The first kappa shape index (κ1) is 19.5. The largest absolute Gasteiger partial charge is 0.451 e. The average molecular weight is 362 g/mol. The number of rotatable bonds is 5. The van der Waals surface area contributed by atoms with Gasteiger partial charge in [-0.25, -0.2) is 4.79 Å². The highest BCUT2D eigenvalue weighted by molar-refractivity contribution is 7.14. The monoisotopic (exact) mass is 362 g/mol. The quantitative estimate of drug-likeness (QED) is 0.812. The Morgan fingerprint density at radius 3 is 2.64 bits per heavy atom. The molecule has 1 atom stereocenters. The molecule has 0 unspecified atom stereocenters. The lowest BCUT2D eigenvalue weighted by molar-refractivity contribution is -0.125. The number of ether oxygens (including phenoxy) is 1. The summed E-state index contributed by atoms with van der Waals surface area (Å²) in [6.45, 7) is 5.01. The fraction of sp³-hybridized carbons (Fsp3) is 0.632. The Hall–Kier alpha value is -1.87. The fourth-order valence-corrected chi connectivity index (χ4v) is 3.92. The van der Waals surface area contributed by atoms with Crippen LogP contribution in [-0.2, 0) is 22.4 Å². The lowest BCUT2D eigenvalue weighted by Gasteiger charge is -2.27. The molecule has 0 bridgehead atoms. The molecule has 5 nitrogen and oxygen atoms in total. The minimum Gasteiger partial charge on any atom is -0.451 e. The number of amides is 1. The molecule has 2 rings (SSSR count). The van der Waals surface area contributed by atoms with Crippen molar-refractivity contribution in [1.29, 1.82) is 5.26 Å². The minimum absolute atomic E-state index is 0.0472. The van der Waals surface area contributed by atoms with Crippen LogP contribution in [-0.4, -0.2) is 24.0 Å². The molecule has 1 amide bonds. The predicted octanol–water partition coefficient (Wildman–Crippen LogP) is 3.62. The third kappa shape index (κ3) is 5.05. The Balaban J connectivity index is 1.93. The number of nitriles is 1. The zero-order valence-corrected chi connectivity index (χ0v) is 16.0. The number of nitrogens with zero attached hydrogens (tertiary/aromatic N) is 1. The van der Waals surface area contributed by atoms with Gasteiger partial charge >= 0.3 is 5.97 Å². The Kier molecular flexibility index (Phi) is 6.60. The first-order valence-electron chi connectivity index (χ1n) is 8.86. The van der Waals surface area contributed by atoms with Gasteiger partial charge in [-0.15, -0.1) is 11.3 Å². The Bertz CT molecular complexity index is 649. The topological polar surface area (TPSA) is 79.2 Å². The van der Waals surface area contributed by atoms with Crippen LogP contribution in [0.5, 0.6) is 0 Å². The van der Waals surface area contributed by atoms with Crippen molar-refractivity contribution in [3.05, 3.63) is 21.4 Å². The Labute approximate surface area is 153 Å². The van der Waals surface area contributed by atoms with E-state index in [2.05, 4.69) is 11.4 Å². The molecule has 6 heteroatoms. The van der Waals surface area contributed by atoms with Crippen LogP contribution < -0.4 is 5.32 Å². The second-order valence-electron chi connectivity index (χ2n) is 7.07. The molecular weight excluding hydrogens is 336 g/mol. The third-order valence-corrected chi connectivity index (χ3v) is 6.04. The predicted molar refractivity (Wildman–Crippen MR) is 97.5 cm³/mol. The maximum atomic E-state index is 12.3. The maximum Gasteiger partial charge on any atom is 0.348 e. The molecule has 1 N–H and O–H groups in total. The molecule has 0 spiro atoms. The van der Waals surface area contributed by atoms with Gasteiger partial charge in [0.05, 0.1) is 6.07 Å². The molecule has 0 aromatic carbocycles. The summed E-state index contributed by atoms with van der Waals surface area (Å²) in [6.07, 6.45) is 6.82. The minimum atomic E-state index is -0.970. The van der Waals surface area contributed by atoms with Crippen molar-refractivity contribution >= 4 is 23.2 Å². The highest BCUT2D eigenvalue weighted by Gasteiger charge is 2.30. The van der Waals surface area contributed by atoms with E-state index in [9.17, 15) is 14.9 Å². The van der Waals surface area contributed by atoms with Crippen LogP contribution in [0.15, 0.2) is 6.07 Å². The second-order valence-corrected chi connectivity index (χ2v) is 8.20. The van der Waals surface area contributed by atoms with Gasteiger partial charge in [0.2, 0.25) is 0 Å². The molecule has 0 radical (unpaired) electrons. The number of nitrogens with one attached hydrogen (secondary N) is 1. The van der Waals surface area contributed by atoms with Crippen molar-refractivity contribution in [2.24, 2.45) is 5.92 Å². The molecule has 0 aliphatic heterocycles. The van der Waals surface area contributed by atoms with Gasteiger partial charge in [-0.1, -0.05) is 26.7 Å². The lowest BCUT2D eigenvalue weighted by atomic mass is 9.90. The number of hydrogen-bond acceptors (Lipinski definition) is 5. The molecular formula is C19H26N2O3S. The first-order valence-corrected chi connectivity index (χ1v) is 9.68. The highest BCUT2D eigenvalue weighted by atomic mass is 32.1. The van der Waals surface area contributed by atoms with Crippen LogP contribution in [0.4, 0.5) is 0 Å². The zero-order valence-electron chi connectivity index (χ0n) is 15.2. The van der Waals surface area contributed by atoms with Crippen molar-refractivity contribution in [1.82, 2.24) is 5.32 Å². The zero-order chi connectivity index (χ0) is 18.4. The molecule has 0 fully saturated rings. The van der Waals surface area contributed by atoms with Gasteiger partial charge in [0.1, 0.15) is 10.4 Å². The molecule has 1 aliphatic carbocycles. The Morgan fingerprint density at radius 1 is 1.32 bits per heavy atom. The number of fused-ring (bicyclic) bond motifs is 1. The average Bonchev–Trinajstić information content (AvgIpc) is 2.94. The van der Waals surface area contributed by atoms with Crippen LogP contribution in [0, 0.1) is 17.2 Å². The van der Waals surface area contributed by atoms with Crippen molar-refractivity contribution in [3.8, 4) is 6.07 Å². The molecule has 25 heavy (non-hydrogen) atoms. The summed E-state index contributed by atoms with van der Waals surface area (Å²) in [4.78, 5) is 26.1. The van der Waals surface area contributed by atoms with E-state index in [0.717, 1.165) is 25.7 Å². The summed E-state index contributed by atoms with van der Waals surface area (Å²) in [5.41, 5.74) is 0.278. The van der Waals surface area contributed by atoms with E-state index in [-0.39, 0.29) is 12.5 Å². The van der Waals surface area contributed by atoms with Gasteiger partial charge in [-0.2, -0.15) is 5.26 Å². The second kappa shape index (κ2) is 8.48. The van der Waals surface area contributed by atoms with E-state index < -0.39 is 17.4 Å². The molecule has 0 saturated carbocycles. The summed E-state index contributed by atoms with van der Waals surface area (Å²) in [5.74, 6) is -0.967. The third-order valence-electron chi connectivity index (χ3n) is 4.82. The first-order chi connectivity index (χ1) is 11.9. The molecule has 1 aliphatic rings. The summed E-state index contributed by atoms with van der Waals surface area (Å²) in [6, 6.07) is 4.02. The van der Waals surface area contributed by atoms with Crippen molar-refractivity contribution in [2.45, 2.75) is 64.8 Å². The van der Waals surface area contributed by atoms with Crippen molar-refractivity contribution < 1.29 is 14.3 Å². The summed E-state index contributed by atoms with van der Waals surface area (Å²) < 4.78 is 5.15. The SMILES string of the molecule is CC(C)[C@@](C)(C#N)NC(=O)COC(=O)c1cc2c(s1)CCCCCC2. The number of aryl methyl sites for hydroxylation is 2. The molecule has 0 saturated heterocycles. The van der Waals surface area contributed by atoms with E-state index in [1.807, 2.05) is 19.9 Å². The lowest BCUT2D eigenvalue weighted by Crippen LogP contribution is -2.50. The maximum absolute atomic E-state index is 12.3.